The number of anilines is 1. The van der Waals surface area contributed by atoms with E-state index in [-0.39, 0.29) is 0 Å². The first-order valence-electron chi connectivity index (χ1n) is 8.68. The van der Waals surface area contributed by atoms with E-state index in [1.165, 1.54) is 32.1 Å². The lowest BCUT2D eigenvalue weighted by Gasteiger charge is -2.12. The fourth-order valence-electron chi connectivity index (χ4n) is 3.25. The van der Waals surface area contributed by atoms with E-state index in [0.717, 1.165) is 11.0 Å². The van der Waals surface area contributed by atoms with E-state index in [1.807, 2.05) is 11.8 Å². The number of benzene rings is 2. The van der Waals surface area contributed by atoms with Gasteiger partial charge in [0.05, 0.1) is 16.1 Å². The van der Waals surface area contributed by atoms with Crippen molar-refractivity contribution in [3.8, 4) is 0 Å². The number of halogens is 1. The zero-order valence-corrected chi connectivity index (χ0v) is 17.2. The van der Waals surface area contributed by atoms with Crippen LogP contribution in [0.25, 0.3) is 17.0 Å². The molecule has 130 valence electrons. The number of aromatic nitrogens is 1. The second kappa shape index (κ2) is 7.29. The summed E-state index contributed by atoms with van der Waals surface area (Å²) < 4.78 is 3.38. The Hall–Kier alpha value is -2.04. The summed E-state index contributed by atoms with van der Waals surface area (Å²) in [5.41, 5.74) is 3.75. The topological polar surface area (TPSA) is 7.12 Å². The molecule has 0 fully saturated rings. The van der Waals surface area contributed by atoms with Crippen molar-refractivity contribution in [3.63, 3.8) is 0 Å². The van der Waals surface area contributed by atoms with Crippen LogP contribution < -0.4 is 9.47 Å². The molecule has 0 aliphatic carbocycles. The largest absolute Gasteiger partial charge is 0.338 e. The Balaban J connectivity index is 1.66. The molecule has 1 aliphatic heterocycles. The molecule has 3 aromatic rings. The van der Waals surface area contributed by atoms with Gasteiger partial charge in [0.15, 0.2) is 6.20 Å². The number of pyridine rings is 1. The normalized spacial score (nSPS) is 15.3. The summed E-state index contributed by atoms with van der Waals surface area (Å²) in [5, 5.41) is 2.51. The third kappa shape index (κ3) is 3.19. The average molecular weight is 424 g/mol. The third-order valence-corrected chi connectivity index (χ3v) is 6.32. The number of para-hydroxylation sites is 1. The number of allylic oxidation sites excluding steroid dienone is 2. The number of hydrogen-bond donors (Lipinski definition) is 0. The minimum Gasteiger partial charge on any atom is -0.338 e. The van der Waals surface area contributed by atoms with E-state index in [4.69, 9.17) is 0 Å². The Labute approximate surface area is 167 Å². The van der Waals surface area contributed by atoms with Crippen LogP contribution in [0.3, 0.4) is 0 Å². The van der Waals surface area contributed by atoms with Gasteiger partial charge in [0.1, 0.15) is 6.54 Å². The number of fused-ring (bicyclic) bond motifs is 2. The van der Waals surface area contributed by atoms with Crippen LogP contribution in [-0.2, 0) is 6.54 Å². The molecule has 4 rings (SSSR count). The fraction of sp³-hybridized carbons (Fsp3) is 0.136. The highest BCUT2D eigenvalue weighted by Crippen LogP contribution is 2.44. The zero-order chi connectivity index (χ0) is 18.1. The minimum absolute atomic E-state index is 0.959. The number of nitrogens with zero attached hydrogens (tertiary/aromatic N) is 2. The zero-order valence-electron chi connectivity index (χ0n) is 14.8. The van der Waals surface area contributed by atoms with Crippen LogP contribution in [0.2, 0.25) is 0 Å². The van der Waals surface area contributed by atoms with Gasteiger partial charge in [-0.1, -0.05) is 52.0 Å². The van der Waals surface area contributed by atoms with Crippen molar-refractivity contribution < 1.29 is 4.57 Å². The van der Waals surface area contributed by atoms with Crippen molar-refractivity contribution in [1.82, 2.24) is 0 Å². The summed E-state index contributed by atoms with van der Waals surface area (Å²) in [5.74, 6) is 0. The van der Waals surface area contributed by atoms with Crippen LogP contribution in [0.5, 0.6) is 0 Å². The highest BCUT2D eigenvalue weighted by Gasteiger charge is 2.20. The molecule has 2 aromatic carbocycles. The van der Waals surface area contributed by atoms with Crippen LogP contribution in [0.4, 0.5) is 5.69 Å². The molecule has 2 heterocycles. The van der Waals surface area contributed by atoms with Gasteiger partial charge in [0.25, 0.3) is 0 Å². The molecule has 0 spiro atoms. The average Bonchev–Trinajstić information content (AvgIpc) is 2.98. The minimum atomic E-state index is 0.959. The highest BCUT2D eigenvalue weighted by molar-refractivity contribution is 9.10. The van der Waals surface area contributed by atoms with Gasteiger partial charge in [-0.3, -0.25) is 0 Å². The molecule has 0 N–H and O–H groups in total. The summed E-state index contributed by atoms with van der Waals surface area (Å²) in [7, 11) is 2.12. The summed E-state index contributed by atoms with van der Waals surface area (Å²) >= 11 is 5.41. The van der Waals surface area contributed by atoms with E-state index in [0.29, 0.717) is 0 Å². The van der Waals surface area contributed by atoms with Crippen LogP contribution in [-0.4, -0.2) is 7.05 Å². The van der Waals surface area contributed by atoms with E-state index in [9.17, 15) is 0 Å². The maximum absolute atomic E-state index is 3.59. The first kappa shape index (κ1) is 17.4. The lowest BCUT2D eigenvalue weighted by Crippen LogP contribution is -2.32. The summed E-state index contributed by atoms with van der Waals surface area (Å²) in [6, 6.07) is 17.2. The van der Waals surface area contributed by atoms with Gasteiger partial charge in [0, 0.05) is 28.5 Å². The number of rotatable bonds is 3. The molecule has 0 saturated heterocycles. The maximum atomic E-state index is 3.59. The van der Waals surface area contributed by atoms with Crippen LogP contribution in [0.1, 0.15) is 12.5 Å². The molecule has 0 saturated carbocycles. The Morgan fingerprint density at radius 2 is 2.00 bits per heavy atom. The molecule has 26 heavy (non-hydrogen) atoms. The molecule has 0 radical (unpaired) electrons. The Morgan fingerprint density at radius 1 is 1.15 bits per heavy atom. The predicted octanol–water partition coefficient (Wildman–Crippen LogP) is 6.01. The van der Waals surface area contributed by atoms with Gasteiger partial charge >= 0.3 is 0 Å². The first-order chi connectivity index (χ1) is 12.7. The Bertz CT molecular complexity index is 1040. The van der Waals surface area contributed by atoms with Crippen molar-refractivity contribution in [3.05, 3.63) is 81.9 Å². The second-order valence-corrected chi connectivity index (χ2v) is 8.19. The van der Waals surface area contributed by atoms with E-state index in [2.05, 4.69) is 112 Å². The van der Waals surface area contributed by atoms with Gasteiger partial charge in [-0.2, -0.15) is 4.57 Å². The molecule has 1 aliphatic rings. The molecule has 4 heteroatoms. The van der Waals surface area contributed by atoms with Crippen LogP contribution in [0.15, 0.2) is 81.3 Å². The molecular formula is C22H20BrN2S+. The van der Waals surface area contributed by atoms with Crippen molar-refractivity contribution in [2.75, 3.05) is 11.9 Å². The lowest BCUT2D eigenvalue weighted by molar-refractivity contribution is -0.667. The molecule has 0 atom stereocenters. The molecule has 1 aromatic heterocycles. The van der Waals surface area contributed by atoms with Crippen molar-refractivity contribution >= 4 is 50.4 Å². The van der Waals surface area contributed by atoms with Crippen LogP contribution in [0, 0.1) is 0 Å². The molecule has 0 bridgehead atoms. The summed E-state index contributed by atoms with van der Waals surface area (Å²) in [6.45, 7) is 3.13. The molecule has 0 amide bonds. The fourth-order valence-corrected chi connectivity index (χ4v) is 4.66. The number of thioether (sulfide) groups is 1. The van der Waals surface area contributed by atoms with Crippen LogP contribution >= 0.6 is 27.7 Å². The van der Waals surface area contributed by atoms with Gasteiger partial charge < -0.3 is 4.90 Å². The quantitative estimate of drug-likeness (QED) is 0.476. The first-order valence-corrected chi connectivity index (χ1v) is 10.3. The van der Waals surface area contributed by atoms with Crippen molar-refractivity contribution in [2.45, 2.75) is 18.4 Å². The van der Waals surface area contributed by atoms with Gasteiger partial charge in [-0.05, 0) is 42.8 Å². The monoisotopic (exact) mass is 423 g/mol. The van der Waals surface area contributed by atoms with Gasteiger partial charge in [-0.15, -0.1) is 0 Å². The molecule has 2 nitrogen and oxygen atoms in total. The van der Waals surface area contributed by atoms with Crippen molar-refractivity contribution in [1.29, 1.82) is 0 Å². The summed E-state index contributed by atoms with van der Waals surface area (Å²) in [4.78, 5) is 3.56. The van der Waals surface area contributed by atoms with E-state index >= 15 is 0 Å². The predicted molar refractivity (Wildman–Crippen MR) is 115 cm³/mol. The maximum Gasteiger partial charge on any atom is 0.214 e. The van der Waals surface area contributed by atoms with Crippen molar-refractivity contribution in [2.24, 2.45) is 0 Å². The SMILES string of the molecule is CC[n+]1ccc(C=CC=C2Sc3ccccc3N2C)c2ccc(Br)cc21. The van der Waals surface area contributed by atoms with E-state index in [1.54, 1.807) is 0 Å². The van der Waals surface area contributed by atoms with Gasteiger partial charge in [-0.25, -0.2) is 0 Å². The molecule has 0 unspecified atom stereocenters. The number of hydrogen-bond acceptors (Lipinski definition) is 2. The lowest BCUT2D eigenvalue weighted by atomic mass is 10.1. The molecular weight excluding hydrogens is 404 g/mol. The number of aryl methyl sites for hydroxylation is 1. The highest BCUT2D eigenvalue weighted by atomic mass is 79.9. The third-order valence-electron chi connectivity index (χ3n) is 4.64. The smallest absolute Gasteiger partial charge is 0.214 e. The Kier molecular flexibility index (Phi) is 4.88. The van der Waals surface area contributed by atoms with Gasteiger partial charge in [0.2, 0.25) is 5.52 Å². The standard InChI is InChI=1S/C22H20BrN2S/c1-3-25-14-13-16(18-12-11-17(23)15-20(18)25)7-6-10-22-24(2)19-8-4-5-9-21(19)26-22/h4-15H,3H2,1-2H3/q+1. The second-order valence-electron chi connectivity index (χ2n) is 6.21. The van der Waals surface area contributed by atoms with E-state index < -0.39 is 0 Å². The Morgan fingerprint density at radius 3 is 2.81 bits per heavy atom. The summed E-state index contributed by atoms with van der Waals surface area (Å²) in [6.07, 6.45) is 8.70.